The third-order valence-electron chi connectivity index (χ3n) is 5.54. The number of carbonyl (C=O) groups excluding carboxylic acids is 1. The van der Waals surface area contributed by atoms with E-state index >= 15 is 0 Å². The van der Waals surface area contributed by atoms with Crippen LogP contribution in [-0.4, -0.2) is 34.3 Å². The van der Waals surface area contributed by atoms with Crippen molar-refractivity contribution in [1.82, 2.24) is 9.55 Å². The average molecular weight is 342 g/mol. The fraction of sp³-hybridized carbons (Fsp3) is 0.526. The molecule has 0 radical (unpaired) electrons. The Balaban J connectivity index is 1.41. The van der Waals surface area contributed by atoms with Gasteiger partial charge in [0.25, 0.3) is 5.56 Å². The summed E-state index contributed by atoms with van der Waals surface area (Å²) in [5.41, 5.74) is 0.388. The highest BCUT2D eigenvalue weighted by atomic mass is 16.6. The van der Waals surface area contributed by atoms with Crippen LogP contribution in [0.15, 0.2) is 35.4 Å². The third kappa shape index (κ3) is 2.65. The van der Waals surface area contributed by atoms with Gasteiger partial charge in [-0.2, -0.15) is 0 Å². The van der Waals surface area contributed by atoms with E-state index in [9.17, 15) is 9.59 Å². The summed E-state index contributed by atoms with van der Waals surface area (Å²) in [6.07, 6.45) is 2.69. The molecule has 0 unspecified atom stereocenters. The molecular weight excluding hydrogens is 320 g/mol. The van der Waals surface area contributed by atoms with Crippen LogP contribution in [0.3, 0.4) is 0 Å². The minimum atomic E-state index is -0.275. The van der Waals surface area contributed by atoms with Crippen molar-refractivity contribution < 1.29 is 14.3 Å². The summed E-state index contributed by atoms with van der Waals surface area (Å²) in [5, 5.41) is 0.560. The van der Waals surface area contributed by atoms with E-state index in [0.717, 1.165) is 13.0 Å². The summed E-state index contributed by atoms with van der Waals surface area (Å²) in [5.74, 6) is 0.0347. The summed E-state index contributed by atoms with van der Waals surface area (Å²) in [6.45, 7) is 5.17. The molecule has 132 valence electrons. The quantitative estimate of drug-likeness (QED) is 0.796. The number of aryl methyl sites for hydroxylation is 1. The molecule has 2 heterocycles. The Bertz CT molecular complexity index is 873. The van der Waals surface area contributed by atoms with E-state index in [4.69, 9.17) is 9.47 Å². The number of esters is 1. The number of hydrogen-bond acceptors (Lipinski definition) is 5. The molecule has 1 saturated carbocycles. The summed E-state index contributed by atoms with van der Waals surface area (Å²) in [7, 11) is 0. The number of hydrogen-bond donors (Lipinski definition) is 0. The van der Waals surface area contributed by atoms with Crippen LogP contribution in [0.5, 0.6) is 0 Å². The number of para-hydroxylation sites is 1. The van der Waals surface area contributed by atoms with Crippen molar-refractivity contribution in [1.29, 1.82) is 0 Å². The van der Waals surface area contributed by atoms with Gasteiger partial charge in [-0.1, -0.05) is 26.0 Å². The SMILES string of the molecule is CC1(C)[C@@H]2OCC[C@@H]2[C@H]1OC(=O)CCn1cnc2ccccc2c1=O. The van der Waals surface area contributed by atoms with Crippen LogP contribution in [0.4, 0.5) is 0 Å². The predicted molar refractivity (Wildman–Crippen MR) is 92.1 cm³/mol. The number of fused-ring (bicyclic) bond motifs is 2. The van der Waals surface area contributed by atoms with E-state index in [1.54, 1.807) is 12.1 Å². The van der Waals surface area contributed by atoms with Crippen molar-refractivity contribution >= 4 is 16.9 Å². The summed E-state index contributed by atoms with van der Waals surface area (Å²) in [4.78, 5) is 29.0. The Morgan fingerprint density at radius 2 is 2.20 bits per heavy atom. The monoisotopic (exact) mass is 342 g/mol. The highest BCUT2D eigenvalue weighted by Gasteiger charge is 2.61. The zero-order valence-electron chi connectivity index (χ0n) is 14.5. The van der Waals surface area contributed by atoms with Gasteiger partial charge in [-0.3, -0.25) is 14.2 Å². The van der Waals surface area contributed by atoms with E-state index in [-0.39, 0.29) is 42.1 Å². The van der Waals surface area contributed by atoms with Crippen LogP contribution >= 0.6 is 0 Å². The van der Waals surface area contributed by atoms with Crippen LogP contribution in [0.2, 0.25) is 0 Å². The lowest BCUT2D eigenvalue weighted by Crippen LogP contribution is -2.61. The van der Waals surface area contributed by atoms with Crippen LogP contribution in [0.25, 0.3) is 10.9 Å². The van der Waals surface area contributed by atoms with Crippen molar-refractivity contribution in [2.45, 2.75) is 45.4 Å². The zero-order chi connectivity index (χ0) is 17.6. The number of rotatable bonds is 4. The topological polar surface area (TPSA) is 70.4 Å². The fourth-order valence-corrected chi connectivity index (χ4v) is 4.19. The highest BCUT2D eigenvalue weighted by molar-refractivity contribution is 5.77. The van der Waals surface area contributed by atoms with Gasteiger partial charge < -0.3 is 9.47 Å². The molecule has 0 bridgehead atoms. The van der Waals surface area contributed by atoms with Crippen molar-refractivity contribution in [2.75, 3.05) is 6.61 Å². The summed E-state index contributed by atoms with van der Waals surface area (Å²) < 4.78 is 12.9. The standard InChI is InChI=1S/C19H22N2O4/c1-19(2)16-13(8-10-24-16)17(19)25-15(22)7-9-21-11-20-14-6-4-3-5-12(14)18(21)23/h3-6,11,13,16-17H,7-10H2,1-2H3/t13-,16+,17+/m0/s1. The predicted octanol–water partition coefficient (Wildman–Crippen LogP) is 2.14. The van der Waals surface area contributed by atoms with Crippen LogP contribution in [0.1, 0.15) is 26.7 Å². The molecule has 2 aliphatic rings. The molecule has 0 spiro atoms. The molecule has 2 fully saturated rings. The van der Waals surface area contributed by atoms with Crippen LogP contribution < -0.4 is 5.56 Å². The molecule has 6 nitrogen and oxygen atoms in total. The number of carbonyl (C=O) groups is 1. The number of aromatic nitrogens is 2. The van der Waals surface area contributed by atoms with Gasteiger partial charge in [0.1, 0.15) is 6.10 Å². The van der Waals surface area contributed by atoms with E-state index in [1.807, 2.05) is 12.1 Å². The first-order chi connectivity index (χ1) is 12.0. The molecule has 4 rings (SSSR count). The van der Waals surface area contributed by atoms with Gasteiger partial charge in [-0.15, -0.1) is 0 Å². The lowest BCUT2D eigenvalue weighted by Gasteiger charge is -2.53. The van der Waals surface area contributed by atoms with Crippen LogP contribution in [-0.2, 0) is 20.8 Å². The van der Waals surface area contributed by atoms with Gasteiger partial charge in [-0.05, 0) is 18.6 Å². The molecule has 25 heavy (non-hydrogen) atoms. The minimum absolute atomic E-state index is 0.0982. The molecular formula is C19H22N2O4. The molecule has 1 saturated heterocycles. The molecule has 6 heteroatoms. The molecule has 0 N–H and O–H groups in total. The Morgan fingerprint density at radius 1 is 1.40 bits per heavy atom. The Labute approximate surface area is 145 Å². The maximum atomic E-state index is 12.4. The smallest absolute Gasteiger partial charge is 0.307 e. The molecule has 0 amide bonds. The number of ether oxygens (including phenoxy) is 2. The molecule has 1 aromatic heterocycles. The largest absolute Gasteiger partial charge is 0.461 e. The molecule has 1 aliphatic heterocycles. The third-order valence-corrected chi connectivity index (χ3v) is 5.54. The Morgan fingerprint density at radius 3 is 3.04 bits per heavy atom. The normalized spacial score (nSPS) is 26.9. The zero-order valence-corrected chi connectivity index (χ0v) is 14.5. The van der Waals surface area contributed by atoms with Crippen molar-refractivity contribution in [3.8, 4) is 0 Å². The number of benzene rings is 1. The van der Waals surface area contributed by atoms with Gasteiger partial charge in [-0.25, -0.2) is 4.98 Å². The average Bonchev–Trinajstić information content (AvgIpc) is 3.06. The lowest BCUT2D eigenvalue weighted by molar-refractivity contribution is -0.210. The lowest BCUT2D eigenvalue weighted by atomic mass is 9.59. The fourth-order valence-electron chi connectivity index (χ4n) is 4.19. The maximum absolute atomic E-state index is 12.4. The number of nitrogens with zero attached hydrogens (tertiary/aromatic N) is 2. The second-order valence-electron chi connectivity index (χ2n) is 7.49. The van der Waals surface area contributed by atoms with Crippen molar-refractivity contribution in [3.05, 3.63) is 40.9 Å². The van der Waals surface area contributed by atoms with E-state index < -0.39 is 0 Å². The molecule has 2 aromatic rings. The van der Waals surface area contributed by atoms with E-state index in [1.165, 1.54) is 10.9 Å². The highest BCUT2D eigenvalue weighted by Crippen LogP contribution is 2.53. The molecule has 1 aliphatic carbocycles. The summed E-state index contributed by atoms with van der Waals surface area (Å²) >= 11 is 0. The van der Waals surface area contributed by atoms with Gasteiger partial charge >= 0.3 is 5.97 Å². The van der Waals surface area contributed by atoms with Gasteiger partial charge in [0.2, 0.25) is 0 Å². The van der Waals surface area contributed by atoms with Crippen molar-refractivity contribution in [2.24, 2.45) is 11.3 Å². The van der Waals surface area contributed by atoms with Gasteiger partial charge in [0, 0.05) is 24.5 Å². The molecule has 3 atom stereocenters. The first-order valence-electron chi connectivity index (χ1n) is 8.74. The molecule has 1 aromatic carbocycles. The Kier molecular flexibility index (Phi) is 3.87. The van der Waals surface area contributed by atoms with Crippen LogP contribution in [0, 0.1) is 11.3 Å². The first kappa shape index (κ1) is 16.3. The van der Waals surface area contributed by atoms with E-state index in [2.05, 4.69) is 18.8 Å². The van der Waals surface area contributed by atoms with Crippen molar-refractivity contribution in [3.63, 3.8) is 0 Å². The van der Waals surface area contributed by atoms with Gasteiger partial charge in [0.05, 0.1) is 29.8 Å². The second kappa shape index (κ2) is 5.95. The minimum Gasteiger partial charge on any atom is -0.461 e. The maximum Gasteiger partial charge on any atom is 0.307 e. The summed E-state index contributed by atoms with van der Waals surface area (Å²) in [6, 6.07) is 7.20. The Hall–Kier alpha value is -2.21. The first-order valence-corrected chi connectivity index (χ1v) is 8.74. The second-order valence-corrected chi connectivity index (χ2v) is 7.49. The van der Waals surface area contributed by atoms with Gasteiger partial charge in [0.15, 0.2) is 0 Å². The van der Waals surface area contributed by atoms with E-state index in [0.29, 0.717) is 16.8 Å².